The first-order chi connectivity index (χ1) is 45.9. The van der Waals surface area contributed by atoms with Crippen molar-refractivity contribution in [1.29, 1.82) is 0 Å². The van der Waals surface area contributed by atoms with E-state index < -0.39 is 97.5 Å². The maximum Gasteiger partial charge on any atom is 0.472 e. The molecule has 3 unspecified atom stereocenters. The van der Waals surface area contributed by atoms with Gasteiger partial charge in [-0.15, -0.1) is 0 Å². The van der Waals surface area contributed by atoms with Crippen LogP contribution in [0.25, 0.3) is 0 Å². The van der Waals surface area contributed by atoms with Gasteiger partial charge in [0.05, 0.1) is 26.4 Å². The molecule has 0 aliphatic carbocycles. The number of ether oxygens (including phenoxy) is 4. The van der Waals surface area contributed by atoms with Gasteiger partial charge in [0.25, 0.3) is 0 Å². The number of hydrogen-bond donors (Lipinski definition) is 3. The minimum absolute atomic E-state index is 0.103. The fraction of sp³-hybridized carbons (Fsp3) is 0.947. The molecule has 564 valence electrons. The largest absolute Gasteiger partial charge is 0.472 e. The molecule has 95 heavy (non-hydrogen) atoms. The molecule has 0 rings (SSSR count). The van der Waals surface area contributed by atoms with E-state index in [-0.39, 0.29) is 25.7 Å². The minimum atomic E-state index is -4.96. The number of aliphatic hydroxyl groups excluding tert-OH is 1. The van der Waals surface area contributed by atoms with Crippen molar-refractivity contribution in [3.05, 3.63) is 0 Å². The maximum atomic E-state index is 13.1. The van der Waals surface area contributed by atoms with Crippen molar-refractivity contribution < 1.29 is 80.2 Å². The number of carbonyl (C=O) groups is 4. The molecule has 0 radical (unpaired) electrons. The lowest BCUT2D eigenvalue weighted by atomic mass is 10.00. The Morgan fingerprint density at radius 2 is 0.537 bits per heavy atom. The van der Waals surface area contributed by atoms with Crippen molar-refractivity contribution >= 4 is 39.5 Å². The molecule has 0 aromatic heterocycles. The van der Waals surface area contributed by atoms with Gasteiger partial charge in [-0.1, -0.05) is 343 Å². The second-order valence-electron chi connectivity index (χ2n) is 28.1. The quantitative estimate of drug-likeness (QED) is 0.0222. The highest BCUT2D eigenvalue weighted by molar-refractivity contribution is 7.47. The molecular weight excluding hydrogens is 1250 g/mol. The lowest BCUT2D eigenvalue weighted by Gasteiger charge is -2.21. The molecule has 0 saturated carbocycles. The number of esters is 4. The van der Waals surface area contributed by atoms with Gasteiger partial charge in [0.1, 0.15) is 19.3 Å². The Labute approximate surface area is 581 Å². The second kappa shape index (κ2) is 67.9. The smallest absolute Gasteiger partial charge is 0.462 e. The Morgan fingerprint density at radius 3 is 0.800 bits per heavy atom. The number of phosphoric acid groups is 2. The predicted molar refractivity (Wildman–Crippen MR) is 386 cm³/mol. The average molecular weight is 1400 g/mol. The topological polar surface area (TPSA) is 237 Å². The molecular formula is C76H148O17P2. The molecule has 19 heteroatoms. The molecule has 0 aromatic rings. The van der Waals surface area contributed by atoms with Crippen molar-refractivity contribution in [1.82, 2.24) is 0 Å². The summed E-state index contributed by atoms with van der Waals surface area (Å²) in [4.78, 5) is 72.7. The van der Waals surface area contributed by atoms with E-state index in [9.17, 15) is 43.2 Å². The number of hydrogen-bond acceptors (Lipinski definition) is 15. The zero-order chi connectivity index (χ0) is 70.0. The Balaban J connectivity index is 5.20. The van der Waals surface area contributed by atoms with E-state index in [4.69, 9.17) is 37.0 Å². The van der Waals surface area contributed by atoms with E-state index in [0.717, 1.165) is 102 Å². The highest BCUT2D eigenvalue weighted by Gasteiger charge is 2.30. The predicted octanol–water partition coefficient (Wildman–Crippen LogP) is 22.3. The van der Waals surface area contributed by atoms with E-state index in [0.29, 0.717) is 25.7 Å². The van der Waals surface area contributed by atoms with Gasteiger partial charge in [-0.25, -0.2) is 9.13 Å². The molecule has 0 aliphatic rings. The standard InChI is InChI=1S/C76H148O17P2/c1-7-10-12-14-16-18-19-20-21-22-23-24-25-30-33-37-41-48-54-60-75(80)92-71(64-87-74(79)59-53-47-40-36-32-29-27-26-28-31-35-38-44-50-56-68(4)5)66-90-94(82,83)88-62-70(77)63-89-95(84,85)91-67-72(65-86-73(78)58-52-46-39-34-17-15-13-11-8-2)93-76(81)61-55-49-43-42-45-51-57-69(6)9-3/h68-72,77H,7-67H2,1-6H3,(H,82,83)(H,84,85)/t69?,70-,71-,72-/m1/s1. The monoisotopic (exact) mass is 1400 g/mol. The van der Waals surface area contributed by atoms with Crippen molar-refractivity contribution in [3.63, 3.8) is 0 Å². The van der Waals surface area contributed by atoms with Gasteiger partial charge in [-0.05, 0) is 37.5 Å². The van der Waals surface area contributed by atoms with E-state index in [1.54, 1.807) is 0 Å². The van der Waals surface area contributed by atoms with Crippen LogP contribution in [0.4, 0.5) is 0 Å². The highest BCUT2D eigenvalue weighted by atomic mass is 31.2. The third-order valence-electron chi connectivity index (χ3n) is 18.1. The fourth-order valence-corrected chi connectivity index (χ4v) is 13.2. The molecule has 0 saturated heterocycles. The lowest BCUT2D eigenvalue weighted by Crippen LogP contribution is -2.30. The molecule has 3 N–H and O–H groups in total. The molecule has 0 heterocycles. The Bertz CT molecular complexity index is 1840. The Hall–Kier alpha value is -1.94. The summed E-state index contributed by atoms with van der Waals surface area (Å²) in [6.07, 6.45) is 55.6. The van der Waals surface area contributed by atoms with Crippen molar-refractivity contribution in [3.8, 4) is 0 Å². The molecule has 0 aromatic carbocycles. The number of unbranched alkanes of at least 4 members (excludes halogenated alkanes) is 44. The number of aliphatic hydroxyl groups is 1. The van der Waals surface area contributed by atoms with Crippen LogP contribution in [0.1, 0.15) is 395 Å². The SMILES string of the molecule is CCCCCCCCCCCCCCCCCCCCCC(=O)O[C@H](COC(=O)CCCCCCCCCCCCCCCCC(C)C)COP(=O)(O)OC[C@@H](O)COP(=O)(O)OC[C@@H](COC(=O)CCCCCCCCCCC)OC(=O)CCCCCCCCC(C)CC. The van der Waals surface area contributed by atoms with Gasteiger partial charge >= 0.3 is 39.5 Å². The van der Waals surface area contributed by atoms with E-state index in [2.05, 4.69) is 41.5 Å². The van der Waals surface area contributed by atoms with Crippen LogP contribution in [-0.4, -0.2) is 96.7 Å². The summed E-state index contributed by atoms with van der Waals surface area (Å²) in [5.74, 6) is -0.600. The Kier molecular flexibility index (Phi) is 66.5. The van der Waals surface area contributed by atoms with Gasteiger partial charge in [-0.2, -0.15) is 0 Å². The average Bonchev–Trinajstić information content (AvgIpc) is 1.49. The van der Waals surface area contributed by atoms with Crippen molar-refractivity contribution in [2.75, 3.05) is 39.6 Å². The summed E-state index contributed by atoms with van der Waals surface area (Å²) >= 11 is 0. The zero-order valence-electron chi connectivity index (χ0n) is 62.0. The third-order valence-corrected chi connectivity index (χ3v) is 20.0. The Morgan fingerprint density at radius 1 is 0.305 bits per heavy atom. The summed E-state index contributed by atoms with van der Waals surface area (Å²) in [6.45, 7) is 9.55. The summed E-state index contributed by atoms with van der Waals surface area (Å²) in [6, 6.07) is 0. The van der Waals surface area contributed by atoms with E-state index >= 15 is 0 Å². The van der Waals surface area contributed by atoms with E-state index in [1.165, 1.54) is 212 Å². The van der Waals surface area contributed by atoms with Crippen LogP contribution in [-0.2, 0) is 65.4 Å². The summed E-state index contributed by atoms with van der Waals surface area (Å²) in [5, 5.41) is 10.6. The third kappa shape index (κ3) is 69.0. The number of phosphoric ester groups is 2. The molecule has 0 bridgehead atoms. The van der Waals surface area contributed by atoms with Crippen LogP contribution in [0.15, 0.2) is 0 Å². The lowest BCUT2D eigenvalue weighted by molar-refractivity contribution is -0.161. The van der Waals surface area contributed by atoms with Gasteiger partial charge < -0.3 is 33.8 Å². The van der Waals surface area contributed by atoms with Crippen LogP contribution in [0.5, 0.6) is 0 Å². The summed E-state index contributed by atoms with van der Waals surface area (Å²) in [7, 11) is -9.91. The van der Waals surface area contributed by atoms with Crippen LogP contribution in [0.3, 0.4) is 0 Å². The summed E-state index contributed by atoms with van der Waals surface area (Å²) < 4.78 is 68.4. The van der Waals surface area contributed by atoms with Crippen LogP contribution >= 0.6 is 15.6 Å². The molecule has 0 spiro atoms. The minimum Gasteiger partial charge on any atom is -0.462 e. The van der Waals surface area contributed by atoms with Gasteiger partial charge in [0.2, 0.25) is 0 Å². The van der Waals surface area contributed by atoms with E-state index in [1.807, 2.05) is 0 Å². The normalized spacial score (nSPS) is 14.3. The maximum absolute atomic E-state index is 13.1. The molecule has 0 aliphatic heterocycles. The molecule has 0 amide bonds. The highest BCUT2D eigenvalue weighted by Crippen LogP contribution is 2.45. The van der Waals surface area contributed by atoms with Crippen molar-refractivity contribution in [2.45, 2.75) is 413 Å². The first kappa shape index (κ1) is 93.1. The van der Waals surface area contributed by atoms with Crippen LogP contribution in [0.2, 0.25) is 0 Å². The number of carbonyl (C=O) groups excluding carboxylic acids is 4. The second-order valence-corrected chi connectivity index (χ2v) is 31.0. The number of rotatable bonds is 75. The van der Waals surface area contributed by atoms with Gasteiger partial charge in [0.15, 0.2) is 12.2 Å². The van der Waals surface area contributed by atoms with Crippen LogP contribution < -0.4 is 0 Å². The zero-order valence-corrected chi connectivity index (χ0v) is 63.8. The first-order valence-corrected chi connectivity index (χ1v) is 42.5. The molecule has 6 atom stereocenters. The summed E-state index contributed by atoms with van der Waals surface area (Å²) in [5.41, 5.74) is 0. The molecule has 17 nitrogen and oxygen atoms in total. The van der Waals surface area contributed by atoms with Gasteiger partial charge in [-0.3, -0.25) is 37.3 Å². The van der Waals surface area contributed by atoms with Crippen molar-refractivity contribution in [2.24, 2.45) is 11.8 Å². The first-order valence-electron chi connectivity index (χ1n) is 39.5. The fourth-order valence-electron chi connectivity index (χ4n) is 11.6. The van der Waals surface area contributed by atoms with Crippen LogP contribution in [0, 0.1) is 11.8 Å². The molecule has 0 fully saturated rings. The van der Waals surface area contributed by atoms with Gasteiger partial charge in [0, 0.05) is 25.7 Å².